The highest BCUT2D eigenvalue weighted by Crippen LogP contribution is 2.43. The number of hydrogen-bond acceptors (Lipinski definition) is 1. The van der Waals surface area contributed by atoms with Crippen LogP contribution < -0.4 is 0 Å². The maximum atomic E-state index is 13.6. The SMILES string of the molecule is CCC1=C(C)C(=Cc2ccc(S(C)=O)cc2)c2ccc(F)cc21. The van der Waals surface area contributed by atoms with E-state index in [9.17, 15) is 8.60 Å². The van der Waals surface area contributed by atoms with E-state index in [1.807, 2.05) is 30.3 Å². The van der Waals surface area contributed by atoms with Gasteiger partial charge in [0.15, 0.2) is 0 Å². The first-order valence-electron chi connectivity index (χ1n) is 7.67. The molecule has 1 nitrogen and oxygen atoms in total. The quantitative estimate of drug-likeness (QED) is 0.748. The van der Waals surface area contributed by atoms with Crippen molar-refractivity contribution in [2.45, 2.75) is 25.2 Å². The Labute approximate surface area is 139 Å². The molecule has 1 aliphatic rings. The summed E-state index contributed by atoms with van der Waals surface area (Å²) < 4.78 is 25.1. The van der Waals surface area contributed by atoms with E-state index in [1.165, 1.54) is 17.2 Å². The summed E-state index contributed by atoms with van der Waals surface area (Å²) in [7, 11) is -0.966. The molecule has 1 unspecified atom stereocenters. The van der Waals surface area contributed by atoms with Gasteiger partial charge < -0.3 is 0 Å². The van der Waals surface area contributed by atoms with Crippen LogP contribution in [0.3, 0.4) is 0 Å². The Balaban J connectivity index is 2.09. The molecule has 0 N–H and O–H groups in total. The predicted octanol–water partition coefficient (Wildman–Crippen LogP) is 5.30. The van der Waals surface area contributed by atoms with Gasteiger partial charge in [-0.1, -0.05) is 25.1 Å². The Morgan fingerprint density at radius 2 is 1.78 bits per heavy atom. The van der Waals surface area contributed by atoms with Crippen molar-refractivity contribution in [2.24, 2.45) is 0 Å². The van der Waals surface area contributed by atoms with Gasteiger partial charge in [-0.05, 0) is 77.1 Å². The molecular weight excluding hydrogens is 307 g/mol. The molecule has 0 amide bonds. The van der Waals surface area contributed by atoms with E-state index in [-0.39, 0.29) is 5.82 Å². The van der Waals surface area contributed by atoms with E-state index < -0.39 is 10.8 Å². The first-order chi connectivity index (χ1) is 11.0. The Hall–Kier alpha value is -2.00. The maximum Gasteiger partial charge on any atom is 0.123 e. The number of benzene rings is 2. The molecule has 0 radical (unpaired) electrons. The minimum Gasteiger partial charge on any atom is -0.255 e. The molecule has 0 bridgehead atoms. The van der Waals surface area contributed by atoms with E-state index in [0.29, 0.717) is 0 Å². The lowest BCUT2D eigenvalue weighted by atomic mass is 10.0. The normalized spacial score (nSPS) is 16.8. The number of fused-ring (bicyclic) bond motifs is 1. The Kier molecular flexibility index (Phi) is 4.31. The van der Waals surface area contributed by atoms with Crippen LogP contribution in [-0.2, 0) is 10.8 Å². The fraction of sp³-hybridized carbons (Fsp3) is 0.200. The summed E-state index contributed by atoms with van der Waals surface area (Å²) in [5.41, 5.74) is 6.70. The third-order valence-electron chi connectivity index (χ3n) is 4.33. The highest BCUT2D eigenvalue weighted by Gasteiger charge is 2.22. The minimum absolute atomic E-state index is 0.196. The minimum atomic E-state index is -0.966. The summed E-state index contributed by atoms with van der Waals surface area (Å²) in [5.74, 6) is -0.196. The highest BCUT2D eigenvalue weighted by molar-refractivity contribution is 7.84. The van der Waals surface area contributed by atoms with Gasteiger partial charge in [0.2, 0.25) is 0 Å². The van der Waals surface area contributed by atoms with Crippen LogP contribution >= 0.6 is 0 Å². The topological polar surface area (TPSA) is 17.1 Å². The van der Waals surface area contributed by atoms with E-state index in [1.54, 1.807) is 12.3 Å². The van der Waals surface area contributed by atoms with Gasteiger partial charge in [-0.15, -0.1) is 0 Å². The molecule has 2 aromatic rings. The molecule has 0 saturated heterocycles. The van der Waals surface area contributed by atoms with Crippen molar-refractivity contribution in [3.05, 3.63) is 70.5 Å². The van der Waals surface area contributed by atoms with Crippen molar-refractivity contribution >= 4 is 28.0 Å². The van der Waals surface area contributed by atoms with Gasteiger partial charge in [0.1, 0.15) is 5.82 Å². The largest absolute Gasteiger partial charge is 0.255 e. The summed E-state index contributed by atoms with van der Waals surface area (Å²) in [6.07, 6.45) is 4.68. The molecule has 3 rings (SSSR count). The Bertz CT molecular complexity index is 844. The van der Waals surface area contributed by atoms with Crippen LogP contribution in [0.5, 0.6) is 0 Å². The summed E-state index contributed by atoms with van der Waals surface area (Å²) in [4.78, 5) is 0.822. The standard InChI is InChI=1S/C20H19FOS/c1-4-17-13(2)19(18-10-7-15(21)12-20(17)18)11-14-5-8-16(9-6-14)23(3)22/h5-12H,4H2,1-3H3. The zero-order valence-electron chi connectivity index (χ0n) is 13.5. The Morgan fingerprint density at radius 1 is 1.09 bits per heavy atom. The molecule has 0 fully saturated rings. The van der Waals surface area contributed by atoms with E-state index in [4.69, 9.17) is 0 Å². The third kappa shape index (κ3) is 2.93. The van der Waals surface area contributed by atoms with Crippen molar-refractivity contribution in [2.75, 3.05) is 6.26 Å². The fourth-order valence-corrected chi connectivity index (χ4v) is 3.65. The monoisotopic (exact) mass is 326 g/mol. The lowest BCUT2D eigenvalue weighted by molar-refractivity contribution is 0.627. The average Bonchev–Trinajstić information content (AvgIpc) is 2.79. The zero-order valence-corrected chi connectivity index (χ0v) is 14.3. The Morgan fingerprint density at radius 3 is 2.39 bits per heavy atom. The molecule has 23 heavy (non-hydrogen) atoms. The van der Waals surface area contributed by atoms with Crippen LogP contribution in [0.25, 0.3) is 17.2 Å². The van der Waals surface area contributed by atoms with Crippen molar-refractivity contribution < 1.29 is 8.60 Å². The molecule has 1 aliphatic carbocycles. The van der Waals surface area contributed by atoms with Crippen molar-refractivity contribution in [3.63, 3.8) is 0 Å². The molecule has 0 aliphatic heterocycles. The van der Waals surface area contributed by atoms with E-state index >= 15 is 0 Å². The molecule has 1 atom stereocenters. The smallest absolute Gasteiger partial charge is 0.123 e. The van der Waals surface area contributed by atoms with Gasteiger partial charge >= 0.3 is 0 Å². The van der Waals surface area contributed by atoms with Crippen LogP contribution in [0.2, 0.25) is 0 Å². The van der Waals surface area contributed by atoms with Gasteiger partial charge in [0.25, 0.3) is 0 Å². The summed E-state index contributed by atoms with van der Waals surface area (Å²) >= 11 is 0. The summed E-state index contributed by atoms with van der Waals surface area (Å²) in [6.45, 7) is 4.19. The third-order valence-corrected chi connectivity index (χ3v) is 5.27. The van der Waals surface area contributed by atoms with Crippen LogP contribution in [0.1, 0.15) is 37.0 Å². The molecule has 0 heterocycles. The lowest BCUT2D eigenvalue weighted by Gasteiger charge is -2.05. The second kappa shape index (κ2) is 6.25. The number of rotatable bonds is 3. The van der Waals surface area contributed by atoms with Crippen LogP contribution in [-0.4, -0.2) is 10.5 Å². The molecule has 3 heteroatoms. The van der Waals surface area contributed by atoms with Crippen molar-refractivity contribution in [1.29, 1.82) is 0 Å². The highest BCUT2D eigenvalue weighted by atomic mass is 32.2. The second-order valence-electron chi connectivity index (χ2n) is 5.73. The summed E-state index contributed by atoms with van der Waals surface area (Å²) in [6, 6.07) is 12.7. The van der Waals surface area contributed by atoms with Gasteiger partial charge in [0.05, 0.1) is 0 Å². The van der Waals surface area contributed by atoms with Gasteiger partial charge in [-0.25, -0.2) is 4.39 Å². The van der Waals surface area contributed by atoms with Gasteiger partial charge in [-0.3, -0.25) is 4.21 Å². The van der Waals surface area contributed by atoms with Gasteiger partial charge in [0, 0.05) is 22.0 Å². The molecular formula is C20H19FOS. The van der Waals surface area contributed by atoms with Crippen molar-refractivity contribution in [1.82, 2.24) is 0 Å². The number of hydrogen-bond donors (Lipinski definition) is 0. The summed E-state index contributed by atoms with van der Waals surface area (Å²) in [5, 5.41) is 0. The van der Waals surface area contributed by atoms with Crippen LogP contribution in [0, 0.1) is 5.82 Å². The number of allylic oxidation sites excluding steroid dienone is 3. The zero-order chi connectivity index (χ0) is 16.6. The average molecular weight is 326 g/mol. The first kappa shape index (κ1) is 15.9. The van der Waals surface area contributed by atoms with Crippen molar-refractivity contribution in [3.8, 4) is 0 Å². The maximum absolute atomic E-state index is 13.6. The molecule has 118 valence electrons. The molecule has 0 spiro atoms. The lowest BCUT2D eigenvalue weighted by Crippen LogP contribution is -1.88. The number of halogens is 1. The van der Waals surface area contributed by atoms with E-state index in [0.717, 1.165) is 33.6 Å². The van der Waals surface area contributed by atoms with E-state index in [2.05, 4.69) is 19.9 Å². The second-order valence-corrected chi connectivity index (χ2v) is 7.11. The van der Waals surface area contributed by atoms with Crippen LogP contribution in [0.15, 0.2) is 52.9 Å². The first-order valence-corrected chi connectivity index (χ1v) is 9.22. The predicted molar refractivity (Wildman–Crippen MR) is 95.9 cm³/mol. The molecule has 0 aromatic heterocycles. The van der Waals surface area contributed by atoms with Crippen LogP contribution in [0.4, 0.5) is 4.39 Å². The molecule has 2 aromatic carbocycles. The van der Waals surface area contributed by atoms with Gasteiger partial charge in [-0.2, -0.15) is 0 Å². The molecule has 0 saturated carbocycles. The fourth-order valence-electron chi connectivity index (χ4n) is 3.13.